The van der Waals surface area contributed by atoms with Gasteiger partial charge in [-0.15, -0.1) is 0 Å². The number of hydrogen-bond donors (Lipinski definition) is 4. The number of benzene rings is 2. The number of carbonyl (C=O) groups excluding carboxylic acids is 1. The fraction of sp³-hybridized carbons (Fsp3) is 0.333. The van der Waals surface area contributed by atoms with Gasteiger partial charge in [0.15, 0.2) is 5.60 Å². The van der Waals surface area contributed by atoms with Crippen LogP contribution in [-0.4, -0.2) is 27.9 Å². The summed E-state index contributed by atoms with van der Waals surface area (Å²) < 4.78 is 42.2. The van der Waals surface area contributed by atoms with Gasteiger partial charge >= 0.3 is 6.18 Å². The van der Waals surface area contributed by atoms with Crippen LogP contribution in [0.4, 0.5) is 24.5 Å². The number of phenols is 1. The number of aliphatic hydroxyl groups is 1. The lowest BCUT2D eigenvalue weighted by Crippen LogP contribution is -2.55. The molecule has 30 heavy (non-hydrogen) atoms. The summed E-state index contributed by atoms with van der Waals surface area (Å²) in [7, 11) is 0. The van der Waals surface area contributed by atoms with Gasteiger partial charge in [-0.2, -0.15) is 18.4 Å². The van der Waals surface area contributed by atoms with Crippen LogP contribution in [0, 0.1) is 11.3 Å². The summed E-state index contributed by atoms with van der Waals surface area (Å²) in [4.78, 5) is 11.8. The van der Waals surface area contributed by atoms with Gasteiger partial charge in [0.05, 0.1) is 18.0 Å². The van der Waals surface area contributed by atoms with E-state index in [1.54, 1.807) is 12.1 Å². The molecule has 0 fully saturated rings. The van der Waals surface area contributed by atoms with Crippen LogP contribution in [0.3, 0.4) is 0 Å². The highest BCUT2D eigenvalue weighted by Crippen LogP contribution is 2.54. The van der Waals surface area contributed by atoms with Crippen LogP contribution in [0.15, 0.2) is 30.3 Å². The molecule has 6 nitrogen and oxygen atoms in total. The fourth-order valence-electron chi connectivity index (χ4n) is 4.44. The Morgan fingerprint density at radius 2 is 2.03 bits per heavy atom. The van der Waals surface area contributed by atoms with Crippen molar-refractivity contribution in [2.24, 2.45) is 0 Å². The summed E-state index contributed by atoms with van der Waals surface area (Å²) in [5.41, 5.74) is -1.64. The normalized spacial score (nSPS) is 25.1. The Labute approximate surface area is 170 Å². The molecule has 9 heteroatoms. The number of alkyl halides is 3. The molecule has 2 aromatic rings. The molecule has 2 aromatic carbocycles. The zero-order valence-electron chi connectivity index (χ0n) is 15.8. The summed E-state index contributed by atoms with van der Waals surface area (Å²) in [6.45, 7) is 1.47. The third-order valence-electron chi connectivity index (χ3n) is 5.85. The van der Waals surface area contributed by atoms with Gasteiger partial charge < -0.3 is 20.8 Å². The van der Waals surface area contributed by atoms with E-state index in [0.29, 0.717) is 11.3 Å². The first-order valence-electron chi connectivity index (χ1n) is 9.30. The molecule has 3 atom stereocenters. The number of rotatable bonds is 2. The van der Waals surface area contributed by atoms with Gasteiger partial charge in [0.2, 0.25) is 5.91 Å². The van der Waals surface area contributed by atoms with Crippen molar-refractivity contribution < 1.29 is 28.2 Å². The predicted octanol–water partition coefficient (Wildman–Crippen LogP) is 3.71. The number of nitriles is 1. The maximum Gasteiger partial charge on any atom is 0.419 e. The third-order valence-corrected chi connectivity index (χ3v) is 5.85. The van der Waals surface area contributed by atoms with Gasteiger partial charge in [0, 0.05) is 22.5 Å². The maximum atomic E-state index is 14.1. The molecular weight excluding hydrogens is 399 g/mol. The van der Waals surface area contributed by atoms with Gasteiger partial charge in [-0.25, -0.2) is 0 Å². The second-order valence-corrected chi connectivity index (χ2v) is 7.74. The van der Waals surface area contributed by atoms with Crippen LogP contribution in [0.1, 0.15) is 47.6 Å². The minimum atomic E-state index is -4.97. The molecule has 0 bridgehead atoms. The van der Waals surface area contributed by atoms with Crippen molar-refractivity contribution in [3.05, 3.63) is 52.6 Å². The van der Waals surface area contributed by atoms with Crippen molar-refractivity contribution in [2.45, 2.75) is 43.5 Å². The standard InChI is InChI=1S/C21H18F3N3O3/c1-10-8-20(30,21(22,23)24)19(12-6-5-11(9-25)18(29)17(10)12)27-15-4-2-3-14-13(15)7-16(28)26-14/h2-6,10,19,27,29-30H,7-8H2,1H3,(H,26,28)/t10-,19-,20+/m0/s1. The quantitative estimate of drug-likeness (QED) is 0.596. The largest absolute Gasteiger partial charge is 0.506 e. The van der Waals surface area contributed by atoms with Crippen molar-refractivity contribution in [3.63, 3.8) is 0 Å². The number of carbonyl (C=O) groups is 1. The van der Waals surface area contributed by atoms with Gasteiger partial charge in [-0.05, 0) is 36.1 Å². The highest BCUT2D eigenvalue weighted by atomic mass is 19.4. The monoisotopic (exact) mass is 417 g/mol. The molecule has 1 aliphatic carbocycles. The van der Waals surface area contributed by atoms with E-state index in [1.807, 2.05) is 6.07 Å². The first kappa shape index (κ1) is 20.0. The summed E-state index contributed by atoms with van der Waals surface area (Å²) in [6.07, 6.45) is -5.67. The molecule has 0 unspecified atom stereocenters. The molecular formula is C21H18F3N3O3. The lowest BCUT2D eigenvalue weighted by molar-refractivity contribution is -0.272. The number of nitrogens with zero attached hydrogens (tertiary/aromatic N) is 1. The van der Waals surface area contributed by atoms with Gasteiger partial charge in [-0.1, -0.05) is 19.1 Å². The number of hydrogen-bond acceptors (Lipinski definition) is 5. The average molecular weight is 417 g/mol. The van der Waals surface area contributed by atoms with Crippen LogP contribution in [0.25, 0.3) is 0 Å². The summed E-state index contributed by atoms with van der Waals surface area (Å²) in [5, 5.41) is 35.9. The van der Waals surface area contributed by atoms with E-state index in [1.165, 1.54) is 25.1 Å². The van der Waals surface area contributed by atoms with Crippen molar-refractivity contribution in [2.75, 3.05) is 10.6 Å². The Morgan fingerprint density at radius 3 is 2.70 bits per heavy atom. The molecule has 4 N–H and O–H groups in total. The molecule has 1 amide bonds. The topological polar surface area (TPSA) is 105 Å². The lowest BCUT2D eigenvalue weighted by Gasteiger charge is -2.45. The smallest absolute Gasteiger partial charge is 0.419 e. The van der Waals surface area contributed by atoms with Crippen molar-refractivity contribution >= 4 is 17.3 Å². The van der Waals surface area contributed by atoms with Crippen LogP contribution in [0.5, 0.6) is 5.75 Å². The predicted molar refractivity (Wildman–Crippen MR) is 102 cm³/mol. The zero-order chi connectivity index (χ0) is 21.8. The third kappa shape index (κ3) is 2.87. The number of nitrogens with one attached hydrogen (secondary N) is 2. The number of amides is 1. The van der Waals surface area contributed by atoms with E-state index in [4.69, 9.17) is 0 Å². The lowest BCUT2D eigenvalue weighted by atomic mass is 9.70. The molecule has 0 saturated carbocycles. The van der Waals surface area contributed by atoms with Crippen LogP contribution in [0.2, 0.25) is 0 Å². The first-order valence-corrected chi connectivity index (χ1v) is 9.30. The molecule has 2 aliphatic rings. The van der Waals surface area contributed by atoms with Gasteiger partial charge in [0.1, 0.15) is 11.8 Å². The maximum absolute atomic E-state index is 14.1. The van der Waals surface area contributed by atoms with E-state index < -0.39 is 30.2 Å². The number of phenolic OH excluding ortho intramolecular Hbond substituents is 1. The Bertz CT molecular complexity index is 1090. The minimum Gasteiger partial charge on any atom is -0.506 e. The van der Waals surface area contributed by atoms with E-state index in [-0.39, 0.29) is 40.5 Å². The van der Waals surface area contributed by atoms with Gasteiger partial charge in [0.25, 0.3) is 0 Å². The molecule has 0 spiro atoms. The van der Waals surface area contributed by atoms with E-state index >= 15 is 0 Å². The Kier molecular flexibility index (Phi) is 4.43. The van der Waals surface area contributed by atoms with E-state index in [0.717, 1.165) is 0 Å². The van der Waals surface area contributed by atoms with Crippen LogP contribution in [-0.2, 0) is 11.2 Å². The molecule has 0 aromatic heterocycles. The number of anilines is 2. The van der Waals surface area contributed by atoms with Gasteiger partial charge in [-0.3, -0.25) is 4.79 Å². The molecule has 156 valence electrons. The van der Waals surface area contributed by atoms with Crippen LogP contribution >= 0.6 is 0 Å². The fourth-order valence-corrected chi connectivity index (χ4v) is 4.44. The number of aromatic hydroxyl groups is 1. The van der Waals surface area contributed by atoms with E-state index in [2.05, 4.69) is 10.6 Å². The Balaban J connectivity index is 1.89. The van der Waals surface area contributed by atoms with E-state index in [9.17, 15) is 33.4 Å². The molecule has 0 radical (unpaired) electrons. The SMILES string of the molecule is C[C@H]1C[C@](O)(C(F)(F)F)[C@@H](Nc2cccc3c2CC(=O)N3)c2ccc(C#N)c(O)c21. The Hall–Kier alpha value is -3.25. The van der Waals surface area contributed by atoms with Crippen LogP contribution < -0.4 is 10.6 Å². The van der Waals surface area contributed by atoms with Crippen molar-refractivity contribution in [3.8, 4) is 11.8 Å². The Morgan fingerprint density at radius 1 is 1.30 bits per heavy atom. The summed E-state index contributed by atoms with van der Waals surface area (Å²) in [6, 6.07) is 7.50. The molecule has 0 saturated heterocycles. The highest BCUT2D eigenvalue weighted by Gasteiger charge is 2.62. The minimum absolute atomic E-state index is 0.00243. The van der Waals surface area contributed by atoms with Crippen molar-refractivity contribution in [1.29, 1.82) is 5.26 Å². The first-order chi connectivity index (χ1) is 14.1. The summed E-state index contributed by atoms with van der Waals surface area (Å²) in [5.74, 6) is -1.50. The average Bonchev–Trinajstić information content (AvgIpc) is 3.05. The molecule has 1 heterocycles. The molecule has 4 rings (SSSR count). The highest BCUT2D eigenvalue weighted by molar-refractivity contribution is 6.01. The number of halogens is 3. The second kappa shape index (κ2) is 6.64. The second-order valence-electron chi connectivity index (χ2n) is 7.74. The number of fused-ring (bicyclic) bond motifs is 2. The molecule has 1 aliphatic heterocycles. The summed E-state index contributed by atoms with van der Waals surface area (Å²) >= 11 is 0. The van der Waals surface area contributed by atoms with Crippen molar-refractivity contribution in [1.82, 2.24) is 0 Å². The zero-order valence-corrected chi connectivity index (χ0v) is 15.8.